The van der Waals surface area contributed by atoms with Gasteiger partial charge in [0.15, 0.2) is 0 Å². The summed E-state index contributed by atoms with van der Waals surface area (Å²) in [5.74, 6) is 0.674. The van der Waals surface area contributed by atoms with Gasteiger partial charge in [-0.15, -0.1) is 0 Å². The van der Waals surface area contributed by atoms with Crippen molar-refractivity contribution in [2.75, 3.05) is 13.6 Å². The lowest BCUT2D eigenvalue weighted by atomic mass is 9.91. The highest BCUT2D eigenvalue weighted by atomic mass is 16.5. The van der Waals surface area contributed by atoms with Gasteiger partial charge in [0.25, 0.3) is 0 Å². The van der Waals surface area contributed by atoms with Crippen LogP contribution in [0.25, 0.3) is 0 Å². The maximum absolute atomic E-state index is 11.0. The second kappa shape index (κ2) is 7.45. The molecule has 5 heteroatoms. The molecule has 5 nitrogen and oxygen atoms in total. The Kier molecular flexibility index (Phi) is 5.11. The molecular weight excluding hydrogens is 302 g/mol. The van der Waals surface area contributed by atoms with Gasteiger partial charge in [-0.05, 0) is 50.1 Å². The average Bonchev–Trinajstić information content (AvgIpc) is 2.53. The predicted octanol–water partition coefficient (Wildman–Crippen LogP) is 3.00. The molecule has 1 fully saturated rings. The molecular formula is C19H23N3O2. The number of amides is 1. The molecule has 3 rings (SSSR count). The first-order valence-electron chi connectivity index (χ1n) is 8.35. The van der Waals surface area contributed by atoms with E-state index in [0.29, 0.717) is 11.4 Å². The average molecular weight is 325 g/mol. The highest BCUT2D eigenvalue weighted by Gasteiger charge is 2.21. The maximum Gasteiger partial charge on any atom is 0.250 e. The monoisotopic (exact) mass is 325 g/mol. The van der Waals surface area contributed by atoms with Gasteiger partial charge in [0.2, 0.25) is 11.8 Å². The Bertz CT molecular complexity index is 679. The number of hydrogen-bond donors (Lipinski definition) is 1. The molecule has 0 unspecified atom stereocenters. The second-order valence-electron chi connectivity index (χ2n) is 6.31. The van der Waals surface area contributed by atoms with Crippen LogP contribution in [0, 0.1) is 0 Å². The summed E-state index contributed by atoms with van der Waals surface area (Å²) >= 11 is 0. The molecule has 0 radical (unpaired) electrons. The standard InChI is InChI=1S/C19H23N3O2/c1-22(16-3-2-4-16)12-11-14-5-8-17(9-6-14)24-18-10-7-15(13-21-18)19(20)23/h5-10,13,16H,2-4,11-12H2,1H3,(H2,20,23). The number of benzene rings is 1. The number of pyridine rings is 1. The molecule has 1 aromatic heterocycles. The molecule has 2 aromatic rings. The first kappa shape index (κ1) is 16.5. The number of likely N-dealkylation sites (N-methyl/N-ethyl adjacent to an activating group) is 1. The van der Waals surface area contributed by atoms with E-state index in [0.717, 1.165) is 24.8 Å². The molecule has 0 saturated heterocycles. The van der Waals surface area contributed by atoms with E-state index in [1.807, 2.05) is 12.1 Å². The van der Waals surface area contributed by atoms with Crippen LogP contribution in [0.2, 0.25) is 0 Å². The fourth-order valence-electron chi connectivity index (χ4n) is 2.75. The van der Waals surface area contributed by atoms with E-state index in [2.05, 4.69) is 29.1 Å². The zero-order chi connectivity index (χ0) is 16.9. The first-order valence-corrected chi connectivity index (χ1v) is 8.35. The first-order chi connectivity index (χ1) is 11.6. The maximum atomic E-state index is 11.0. The van der Waals surface area contributed by atoms with Gasteiger partial charge >= 0.3 is 0 Å². The fourth-order valence-corrected chi connectivity index (χ4v) is 2.75. The van der Waals surface area contributed by atoms with E-state index in [4.69, 9.17) is 10.5 Å². The number of ether oxygens (including phenoxy) is 1. The van der Waals surface area contributed by atoms with Crippen molar-refractivity contribution in [2.24, 2.45) is 5.73 Å². The van der Waals surface area contributed by atoms with Crippen LogP contribution >= 0.6 is 0 Å². The number of aromatic nitrogens is 1. The quantitative estimate of drug-likeness (QED) is 0.849. The van der Waals surface area contributed by atoms with Crippen molar-refractivity contribution in [3.05, 3.63) is 53.7 Å². The molecule has 0 bridgehead atoms. The van der Waals surface area contributed by atoms with Gasteiger partial charge in [0, 0.05) is 24.8 Å². The van der Waals surface area contributed by atoms with Crippen LogP contribution in [0.3, 0.4) is 0 Å². The minimum absolute atomic E-state index is 0.369. The molecule has 1 aromatic carbocycles. The van der Waals surface area contributed by atoms with Crippen molar-refractivity contribution in [1.82, 2.24) is 9.88 Å². The third-order valence-corrected chi connectivity index (χ3v) is 4.62. The summed E-state index contributed by atoms with van der Waals surface area (Å²) in [5, 5.41) is 0. The van der Waals surface area contributed by atoms with E-state index < -0.39 is 5.91 Å². The summed E-state index contributed by atoms with van der Waals surface area (Å²) < 4.78 is 5.68. The zero-order valence-electron chi connectivity index (χ0n) is 13.9. The van der Waals surface area contributed by atoms with Crippen molar-refractivity contribution in [2.45, 2.75) is 31.7 Å². The number of primary amides is 1. The van der Waals surface area contributed by atoms with Crippen molar-refractivity contribution < 1.29 is 9.53 Å². The highest BCUT2D eigenvalue weighted by molar-refractivity contribution is 5.92. The van der Waals surface area contributed by atoms with Crippen LogP contribution < -0.4 is 10.5 Å². The molecule has 1 heterocycles. The summed E-state index contributed by atoms with van der Waals surface area (Å²) in [4.78, 5) is 17.6. The third kappa shape index (κ3) is 4.11. The number of carbonyl (C=O) groups is 1. The van der Waals surface area contributed by atoms with Crippen molar-refractivity contribution in [3.63, 3.8) is 0 Å². The smallest absolute Gasteiger partial charge is 0.250 e. The van der Waals surface area contributed by atoms with Crippen LogP contribution in [0.15, 0.2) is 42.6 Å². The van der Waals surface area contributed by atoms with Crippen LogP contribution in [-0.4, -0.2) is 35.4 Å². The molecule has 1 aliphatic rings. The summed E-state index contributed by atoms with van der Waals surface area (Å²) in [6.45, 7) is 1.08. The molecule has 0 spiro atoms. The van der Waals surface area contributed by atoms with Crippen molar-refractivity contribution >= 4 is 5.91 Å². The minimum Gasteiger partial charge on any atom is -0.439 e. The van der Waals surface area contributed by atoms with Gasteiger partial charge < -0.3 is 15.4 Å². The number of hydrogen-bond acceptors (Lipinski definition) is 4. The lowest BCUT2D eigenvalue weighted by Crippen LogP contribution is -2.38. The zero-order valence-corrected chi connectivity index (χ0v) is 13.9. The van der Waals surface area contributed by atoms with Gasteiger partial charge in [-0.25, -0.2) is 4.98 Å². The Labute approximate surface area is 142 Å². The molecule has 0 atom stereocenters. The van der Waals surface area contributed by atoms with Crippen LogP contribution in [0.4, 0.5) is 0 Å². The number of rotatable bonds is 7. The lowest BCUT2D eigenvalue weighted by molar-refractivity contribution is 0.1000. The molecule has 1 aliphatic carbocycles. The number of nitrogens with two attached hydrogens (primary N) is 1. The van der Waals surface area contributed by atoms with Crippen molar-refractivity contribution in [3.8, 4) is 11.6 Å². The summed E-state index contributed by atoms with van der Waals surface area (Å²) in [6, 6.07) is 12.1. The SMILES string of the molecule is CN(CCc1ccc(Oc2ccc(C(N)=O)cn2)cc1)C1CCC1. The Morgan fingerprint density at radius 1 is 1.25 bits per heavy atom. The number of carbonyl (C=O) groups excluding carboxylic acids is 1. The van der Waals surface area contributed by atoms with Gasteiger partial charge in [0.05, 0.1) is 5.56 Å². The van der Waals surface area contributed by atoms with E-state index in [-0.39, 0.29) is 0 Å². The van der Waals surface area contributed by atoms with Crippen LogP contribution in [-0.2, 0) is 6.42 Å². The Morgan fingerprint density at radius 2 is 2.00 bits per heavy atom. The Hall–Kier alpha value is -2.40. The van der Waals surface area contributed by atoms with E-state index in [1.165, 1.54) is 31.0 Å². The van der Waals surface area contributed by atoms with Crippen LogP contribution in [0.5, 0.6) is 11.6 Å². The molecule has 2 N–H and O–H groups in total. The van der Waals surface area contributed by atoms with Gasteiger partial charge in [-0.1, -0.05) is 18.6 Å². The Balaban J connectivity index is 1.53. The summed E-state index contributed by atoms with van der Waals surface area (Å²) in [5.41, 5.74) is 6.86. The molecule has 24 heavy (non-hydrogen) atoms. The minimum atomic E-state index is -0.495. The summed E-state index contributed by atoms with van der Waals surface area (Å²) in [7, 11) is 2.21. The van der Waals surface area contributed by atoms with Crippen LogP contribution in [0.1, 0.15) is 35.2 Å². The Morgan fingerprint density at radius 3 is 2.54 bits per heavy atom. The predicted molar refractivity (Wildman–Crippen MR) is 93.2 cm³/mol. The highest BCUT2D eigenvalue weighted by Crippen LogP contribution is 2.24. The van der Waals surface area contributed by atoms with Crippen molar-refractivity contribution in [1.29, 1.82) is 0 Å². The van der Waals surface area contributed by atoms with Gasteiger partial charge in [0.1, 0.15) is 5.75 Å². The van der Waals surface area contributed by atoms with Gasteiger partial charge in [-0.2, -0.15) is 0 Å². The second-order valence-corrected chi connectivity index (χ2v) is 6.31. The van der Waals surface area contributed by atoms with E-state index in [9.17, 15) is 4.79 Å². The van der Waals surface area contributed by atoms with E-state index >= 15 is 0 Å². The molecule has 0 aliphatic heterocycles. The molecule has 1 saturated carbocycles. The topological polar surface area (TPSA) is 68.5 Å². The fraction of sp³-hybridized carbons (Fsp3) is 0.368. The third-order valence-electron chi connectivity index (χ3n) is 4.62. The largest absolute Gasteiger partial charge is 0.439 e. The summed E-state index contributed by atoms with van der Waals surface area (Å²) in [6.07, 6.45) is 6.51. The lowest BCUT2D eigenvalue weighted by Gasteiger charge is -2.34. The number of nitrogens with zero attached hydrogens (tertiary/aromatic N) is 2. The van der Waals surface area contributed by atoms with E-state index in [1.54, 1.807) is 12.1 Å². The molecule has 1 amide bonds. The molecule has 126 valence electrons. The normalized spacial score (nSPS) is 14.4. The van der Waals surface area contributed by atoms with Gasteiger partial charge in [-0.3, -0.25) is 4.79 Å².